The normalized spacial score (nSPS) is 14.9. The van der Waals surface area contributed by atoms with Crippen molar-refractivity contribution in [1.29, 1.82) is 0 Å². The molecule has 4 rings (SSSR count). The van der Waals surface area contributed by atoms with Crippen LogP contribution in [0.4, 0.5) is 0 Å². The number of aromatic nitrogens is 1. The summed E-state index contributed by atoms with van der Waals surface area (Å²) in [4.78, 5) is 3.63. The van der Waals surface area contributed by atoms with Crippen molar-refractivity contribution in [2.24, 2.45) is 5.92 Å². The number of aromatic amines is 1. The SMILES string of the molecule is COc1ccc(-c2[nH]c3ccc(OCCC4CCNCC4)cc3c2C(C)C)cc1OC. The molecule has 0 radical (unpaired) electrons. The average Bonchev–Trinajstić information content (AvgIpc) is 3.18. The molecule has 0 amide bonds. The lowest BCUT2D eigenvalue weighted by molar-refractivity contribution is 0.252. The number of hydrogen-bond donors (Lipinski definition) is 2. The van der Waals surface area contributed by atoms with Crippen LogP contribution in [-0.4, -0.2) is 38.9 Å². The molecule has 1 aromatic heterocycles. The molecule has 0 bridgehead atoms. The first-order valence-corrected chi connectivity index (χ1v) is 11.3. The Hall–Kier alpha value is -2.66. The fraction of sp³-hybridized carbons (Fsp3) is 0.462. The topological polar surface area (TPSA) is 55.5 Å². The lowest BCUT2D eigenvalue weighted by Gasteiger charge is -2.22. The van der Waals surface area contributed by atoms with E-state index in [4.69, 9.17) is 14.2 Å². The van der Waals surface area contributed by atoms with Gasteiger partial charge in [-0.25, -0.2) is 0 Å². The minimum absolute atomic E-state index is 0.363. The smallest absolute Gasteiger partial charge is 0.161 e. The zero-order valence-corrected chi connectivity index (χ0v) is 19.1. The van der Waals surface area contributed by atoms with E-state index in [1.54, 1.807) is 14.2 Å². The molecule has 2 heterocycles. The van der Waals surface area contributed by atoms with Gasteiger partial charge in [-0.15, -0.1) is 0 Å². The second-order valence-electron chi connectivity index (χ2n) is 8.68. The second kappa shape index (κ2) is 9.65. The summed E-state index contributed by atoms with van der Waals surface area (Å²) in [6.45, 7) is 7.52. The van der Waals surface area contributed by atoms with Crippen LogP contribution in [-0.2, 0) is 0 Å². The van der Waals surface area contributed by atoms with Crippen molar-refractivity contribution >= 4 is 10.9 Å². The molecule has 1 fully saturated rings. The van der Waals surface area contributed by atoms with Gasteiger partial charge in [0.15, 0.2) is 11.5 Å². The van der Waals surface area contributed by atoms with E-state index in [1.807, 2.05) is 12.1 Å². The first-order chi connectivity index (χ1) is 15.1. The number of piperidine rings is 1. The fourth-order valence-corrected chi connectivity index (χ4v) is 4.61. The Kier molecular flexibility index (Phi) is 6.71. The van der Waals surface area contributed by atoms with Crippen molar-refractivity contribution in [3.05, 3.63) is 42.0 Å². The van der Waals surface area contributed by atoms with Crippen molar-refractivity contribution in [1.82, 2.24) is 10.3 Å². The number of nitrogens with one attached hydrogen (secondary N) is 2. The lowest BCUT2D eigenvalue weighted by atomic mass is 9.95. The molecule has 0 atom stereocenters. The Balaban J connectivity index is 1.61. The summed E-state index contributed by atoms with van der Waals surface area (Å²) in [6.07, 6.45) is 3.64. The third kappa shape index (κ3) is 4.67. The number of fused-ring (bicyclic) bond motifs is 1. The maximum Gasteiger partial charge on any atom is 0.161 e. The van der Waals surface area contributed by atoms with Gasteiger partial charge in [0.2, 0.25) is 0 Å². The standard InChI is InChI=1S/C26H34N2O3/c1-17(2)25-21-16-20(31-14-11-18-9-12-27-13-10-18)6-7-22(21)28-26(25)19-5-8-23(29-3)24(15-19)30-4/h5-8,15-18,27-28H,9-14H2,1-4H3. The molecule has 5 nitrogen and oxygen atoms in total. The van der Waals surface area contributed by atoms with E-state index in [-0.39, 0.29) is 0 Å². The molecule has 2 N–H and O–H groups in total. The van der Waals surface area contributed by atoms with Gasteiger partial charge in [0.25, 0.3) is 0 Å². The molecule has 0 saturated carbocycles. The van der Waals surface area contributed by atoms with Gasteiger partial charge in [0.05, 0.1) is 26.5 Å². The summed E-state index contributed by atoms with van der Waals surface area (Å²) in [6, 6.07) is 12.5. The number of H-pyrrole nitrogens is 1. The van der Waals surface area contributed by atoms with E-state index < -0.39 is 0 Å². The number of methoxy groups -OCH3 is 2. The van der Waals surface area contributed by atoms with Crippen molar-refractivity contribution in [3.8, 4) is 28.5 Å². The van der Waals surface area contributed by atoms with Crippen molar-refractivity contribution in [3.63, 3.8) is 0 Å². The van der Waals surface area contributed by atoms with Crippen molar-refractivity contribution < 1.29 is 14.2 Å². The maximum absolute atomic E-state index is 6.16. The van der Waals surface area contributed by atoms with Crippen LogP contribution < -0.4 is 19.5 Å². The van der Waals surface area contributed by atoms with E-state index >= 15 is 0 Å². The predicted molar refractivity (Wildman–Crippen MR) is 127 cm³/mol. The molecular formula is C26H34N2O3. The van der Waals surface area contributed by atoms with Crippen LogP contribution in [0.25, 0.3) is 22.2 Å². The average molecular weight is 423 g/mol. The molecule has 1 aliphatic heterocycles. The quantitative estimate of drug-likeness (QED) is 0.486. The lowest BCUT2D eigenvalue weighted by Crippen LogP contribution is -2.28. The molecule has 0 unspecified atom stereocenters. The molecule has 5 heteroatoms. The number of benzene rings is 2. The molecular weight excluding hydrogens is 388 g/mol. The zero-order valence-electron chi connectivity index (χ0n) is 19.1. The fourth-order valence-electron chi connectivity index (χ4n) is 4.61. The van der Waals surface area contributed by atoms with Gasteiger partial charge in [-0.2, -0.15) is 0 Å². The van der Waals surface area contributed by atoms with E-state index in [1.165, 1.54) is 23.8 Å². The Morgan fingerprint density at radius 1 is 0.968 bits per heavy atom. The molecule has 2 aromatic carbocycles. The molecule has 1 saturated heterocycles. The minimum atomic E-state index is 0.363. The number of hydrogen-bond acceptors (Lipinski definition) is 4. The molecule has 1 aliphatic rings. The highest BCUT2D eigenvalue weighted by atomic mass is 16.5. The maximum atomic E-state index is 6.16. The summed E-state index contributed by atoms with van der Waals surface area (Å²) in [5, 5.41) is 4.65. The first-order valence-electron chi connectivity index (χ1n) is 11.3. The minimum Gasteiger partial charge on any atom is -0.494 e. The van der Waals surface area contributed by atoms with Crippen LogP contribution >= 0.6 is 0 Å². The molecule has 0 aliphatic carbocycles. The van der Waals surface area contributed by atoms with Crippen molar-refractivity contribution in [2.75, 3.05) is 33.9 Å². The highest BCUT2D eigenvalue weighted by Crippen LogP contribution is 2.39. The van der Waals surface area contributed by atoms with Gasteiger partial charge in [-0.05, 0) is 86.1 Å². The van der Waals surface area contributed by atoms with Gasteiger partial charge in [0.1, 0.15) is 5.75 Å². The third-order valence-electron chi connectivity index (χ3n) is 6.31. The van der Waals surface area contributed by atoms with Crippen molar-refractivity contribution in [2.45, 2.75) is 39.0 Å². The van der Waals surface area contributed by atoms with E-state index in [9.17, 15) is 0 Å². The van der Waals surface area contributed by atoms with E-state index in [0.717, 1.165) is 66.1 Å². The summed E-state index contributed by atoms with van der Waals surface area (Å²) in [7, 11) is 3.33. The largest absolute Gasteiger partial charge is 0.494 e. The summed E-state index contributed by atoms with van der Waals surface area (Å²) < 4.78 is 17.1. The van der Waals surface area contributed by atoms with Gasteiger partial charge in [-0.3, -0.25) is 0 Å². The third-order valence-corrected chi connectivity index (χ3v) is 6.31. The zero-order chi connectivity index (χ0) is 21.8. The first kappa shape index (κ1) is 21.6. The monoisotopic (exact) mass is 422 g/mol. The van der Waals surface area contributed by atoms with Crippen LogP contribution in [0.2, 0.25) is 0 Å². The Morgan fingerprint density at radius 2 is 1.74 bits per heavy atom. The number of rotatable bonds is 8. The van der Waals surface area contributed by atoms with Crippen LogP contribution in [0.3, 0.4) is 0 Å². The van der Waals surface area contributed by atoms with Gasteiger partial charge in [0, 0.05) is 16.5 Å². The van der Waals surface area contributed by atoms with E-state index in [2.05, 4.69) is 48.4 Å². The van der Waals surface area contributed by atoms with Gasteiger partial charge < -0.3 is 24.5 Å². The molecule has 31 heavy (non-hydrogen) atoms. The number of ether oxygens (including phenoxy) is 3. The molecule has 0 spiro atoms. The Labute approximate surface area is 185 Å². The van der Waals surface area contributed by atoms with Crippen LogP contribution in [0, 0.1) is 5.92 Å². The van der Waals surface area contributed by atoms with Crippen LogP contribution in [0.5, 0.6) is 17.2 Å². The summed E-state index contributed by atoms with van der Waals surface area (Å²) >= 11 is 0. The summed E-state index contributed by atoms with van der Waals surface area (Å²) in [5.74, 6) is 3.55. The molecule has 3 aromatic rings. The van der Waals surface area contributed by atoms with Gasteiger partial charge in [-0.1, -0.05) is 13.8 Å². The summed E-state index contributed by atoms with van der Waals surface area (Å²) in [5.41, 5.74) is 4.63. The highest BCUT2D eigenvalue weighted by molar-refractivity contribution is 5.92. The van der Waals surface area contributed by atoms with E-state index in [0.29, 0.717) is 5.92 Å². The predicted octanol–water partition coefficient (Wildman–Crippen LogP) is 5.74. The Morgan fingerprint density at radius 3 is 2.45 bits per heavy atom. The Bertz CT molecular complexity index is 1020. The van der Waals surface area contributed by atoms with Crippen LogP contribution in [0.1, 0.15) is 44.6 Å². The van der Waals surface area contributed by atoms with Gasteiger partial charge >= 0.3 is 0 Å². The highest BCUT2D eigenvalue weighted by Gasteiger charge is 2.18. The molecule has 166 valence electrons. The second-order valence-corrected chi connectivity index (χ2v) is 8.68. The van der Waals surface area contributed by atoms with Crippen LogP contribution in [0.15, 0.2) is 36.4 Å².